The summed E-state index contributed by atoms with van der Waals surface area (Å²) in [6, 6.07) is 0. The van der Waals surface area contributed by atoms with Crippen molar-refractivity contribution in [3.8, 4) is 0 Å². The van der Waals surface area contributed by atoms with E-state index in [9.17, 15) is 10.2 Å². The van der Waals surface area contributed by atoms with E-state index in [2.05, 4.69) is 6.92 Å². The van der Waals surface area contributed by atoms with Crippen molar-refractivity contribution in [2.45, 2.75) is 96.8 Å². The van der Waals surface area contributed by atoms with Gasteiger partial charge in [-0.1, -0.05) is 71.1 Å². The van der Waals surface area contributed by atoms with Crippen LogP contribution in [0.4, 0.5) is 0 Å². The van der Waals surface area contributed by atoms with Gasteiger partial charge >= 0.3 is 88.7 Å². The number of phosphoric acid groups is 1. The minimum Gasteiger partial charge on any atom is -0.822 e. The molecule has 0 bridgehead atoms. The van der Waals surface area contributed by atoms with E-state index in [1.807, 2.05) is 7.05 Å². The van der Waals surface area contributed by atoms with Gasteiger partial charge in [0.25, 0.3) is 0 Å². The van der Waals surface area contributed by atoms with E-state index in [0.717, 1.165) is 12.8 Å². The fourth-order valence-electron chi connectivity index (χ4n) is 2.44. The zero-order chi connectivity index (χ0) is 19.7. The first-order valence-corrected chi connectivity index (χ1v) is 10.8. The Balaban J connectivity index is -0.000000195. The molecule has 0 aliphatic heterocycles. The van der Waals surface area contributed by atoms with Gasteiger partial charge in [0.1, 0.15) is 6.23 Å². The van der Waals surface area contributed by atoms with Crippen LogP contribution < -0.4 is 103 Å². The first-order chi connectivity index (χ1) is 11.6. The number of likely N-dealkylation sites (N-methyl/N-ethyl adjacent to an activating group) is 1. The molecule has 0 amide bonds. The number of rotatable bonds is 14. The average molecular weight is 451 g/mol. The van der Waals surface area contributed by atoms with Crippen molar-refractivity contribution in [1.82, 2.24) is 4.90 Å². The Morgan fingerprint density at radius 1 is 0.821 bits per heavy atom. The molecule has 0 fully saturated rings. The fraction of sp³-hybridized carbons (Fsp3) is 1.00. The molecule has 28 heavy (non-hydrogen) atoms. The van der Waals surface area contributed by atoms with Gasteiger partial charge < -0.3 is 29.5 Å². The SMILES string of the molecule is CCCCCCCCCCCCC(O)CN(C)C(C)O.O=P([O-])([O-])[O-].[Na+].[Na+].[Na+]. The van der Waals surface area contributed by atoms with Gasteiger partial charge in [-0.2, -0.15) is 7.82 Å². The Hall–Kier alpha value is 2.99. The summed E-state index contributed by atoms with van der Waals surface area (Å²) < 4.78 is 8.55. The molecule has 2 atom stereocenters. The quantitative estimate of drug-likeness (QED) is 0.116. The predicted octanol–water partition coefficient (Wildman–Crippen LogP) is -7.88. The summed E-state index contributed by atoms with van der Waals surface area (Å²) in [6.45, 7) is 4.55. The zero-order valence-corrected chi connectivity index (χ0v) is 26.0. The molecule has 0 aromatic heterocycles. The molecular formula is C17H37NNa3O6P. The molecule has 0 radical (unpaired) electrons. The molecule has 0 saturated carbocycles. The van der Waals surface area contributed by atoms with Crippen molar-refractivity contribution < 1.29 is 118 Å². The van der Waals surface area contributed by atoms with Gasteiger partial charge in [0.15, 0.2) is 0 Å². The van der Waals surface area contributed by atoms with Crippen LogP contribution in [-0.4, -0.2) is 41.0 Å². The van der Waals surface area contributed by atoms with E-state index in [4.69, 9.17) is 19.2 Å². The summed E-state index contributed by atoms with van der Waals surface area (Å²) in [4.78, 5) is 27.4. The molecule has 154 valence electrons. The van der Waals surface area contributed by atoms with Crippen molar-refractivity contribution in [3.05, 3.63) is 0 Å². The maximum absolute atomic E-state index is 9.84. The van der Waals surface area contributed by atoms with Gasteiger partial charge in [-0.3, -0.25) is 4.90 Å². The monoisotopic (exact) mass is 451 g/mol. The molecular weight excluding hydrogens is 414 g/mol. The molecule has 2 N–H and O–H groups in total. The third kappa shape index (κ3) is 43.0. The number of aliphatic hydroxyl groups is 2. The Bertz CT molecular complexity index is 330. The van der Waals surface area contributed by atoms with Crippen molar-refractivity contribution in [3.63, 3.8) is 0 Å². The molecule has 0 rings (SSSR count). The number of hydrogen-bond acceptors (Lipinski definition) is 7. The van der Waals surface area contributed by atoms with Gasteiger partial charge in [0.05, 0.1) is 6.10 Å². The molecule has 0 heterocycles. The van der Waals surface area contributed by atoms with Crippen LogP contribution in [0.5, 0.6) is 0 Å². The summed E-state index contributed by atoms with van der Waals surface area (Å²) >= 11 is 0. The standard InChI is InChI=1S/C17H37NO2.3Na.H3O4P/c1-4-5-6-7-8-9-10-11-12-13-14-17(20)15-18(3)16(2)19;;;;1-5(2,3)4/h16-17,19-20H,4-15H2,1-3H3;;;;(H3,1,2,3,4)/q;3*+1;/p-3. The first kappa shape index (κ1) is 41.3. The molecule has 0 saturated heterocycles. The Morgan fingerprint density at radius 3 is 1.46 bits per heavy atom. The van der Waals surface area contributed by atoms with Gasteiger partial charge in [-0.25, -0.2) is 0 Å². The Kier molecular flexibility index (Phi) is 41.3. The number of aliphatic hydroxyl groups excluding tert-OH is 2. The molecule has 0 aliphatic rings. The average Bonchev–Trinajstić information content (AvgIpc) is 2.47. The Morgan fingerprint density at radius 2 is 1.14 bits per heavy atom. The predicted molar refractivity (Wildman–Crippen MR) is 94.4 cm³/mol. The second-order valence-electron chi connectivity index (χ2n) is 6.64. The number of hydrogen-bond donors (Lipinski definition) is 2. The second-order valence-corrected chi connectivity index (χ2v) is 7.54. The number of nitrogens with zero attached hydrogens (tertiary/aromatic N) is 1. The van der Waals surface area contributed by atoms with E-state index in [-0.39, 0.29) is 94.8 Å². The molecule has 2 unspecified atom stereocenters. The van der Waals surface area contributed by atoms with Crippen LogP contribution >= 0.6 is 7.82 Å². The van der Waals surface area contributed by atoms with Gasteiger partial charge in [0.2, 0.25) is 0 Å². The summed E-state index contributed by atoms with van der Waals surface area (Å²) in [5.74, 6) is 0. The molecule has 0 aromatic rings. The van der Waals surface area contributed by atoms with Crippen molar-refractivity contribution in [2.24, 2.45) is 0 Å². The van der Waals surface area contributed by atoms with E-state index >= 15 is 0 Å². The summed E-state index contributed by atoms with van der Waals surface area (Å²) in [6.07, 6.45) is 13.3. The minimum absolute atomic E-state index is 0. The van der Waals surface area contributed by atoms with Gasteiger partial charge in [0, 0.05) is 6.54 Å². The Labute approximate surface area is 238 Å². The van der Waals surface area contributed by atoms with E-state index in [1.54, 1.807) is 11.8 Å². The van der Waals surface area contributed by atoms with Crippen molar-refractivity contribution >= 4 is 7.82 Å². The minimum atomic E-state index is -5.39. The third-order valence-corrected chi connectivity index (χ3v) is 4.03. The molecule has 0 aliphatic carbocycles. The van der Waals surface area contributed by atoms with Crippen LogP contribution in [0.25, 0.3) is 0 Å². The first-order valence-electron chi connectivity index (χ1n) is 9.37. The van der Waals surface area contributed by atoms with Crippen LogP contribution in [-0.2, 0) is 4.57 Å². The van der Waals surface area contributed by atoms with Crippen molar-refractivity contribution in [1.29, 1.82) is 0 Å². The second kappa shape index (κ2) is 28.0. The van der Waals surface area contributed by atoms with E-state index in [0.29, 0.717) is 6.54 Å². The normalized spacial score (nSPS) is 12.6. The van der Waals surface area contributed by atoms with Crippen LogP contribution in [0.15, 0.2) is 0 Å². The maximum atomic E-state index is 9.84. The van der Waals surface area contributed by atoms with Crippen LogP contribution in [0.2, 0.25) is 0 Å². The summed E-state index contributed by atoms with van der Waals surface area (Å²) in [7, 11) is -3.55. The molecule has 11 heteroatoms. The summed E-state index contributed by atoms with van der Waals surface area (Å²) in [5, 5.41) is 19.2. The zero-order valence-electron chi connectivity index (χ0n) is 19.1. The van der Waals surface area contributed by atoms with Crippen molar-refractivity contribution in [2.75, 3.05) is 13.6 Å². The van der Waals surface area contributed by atoms with Crippen LogP contribution in [0, 0.1) is 0 Å². The van der Waals surface area contributed by atoms with Crippen LogP contribution in [0.3, 0.4) is 0 Å². The third-order valence-electron chi connectivity index (χ3n) is 4.03. The van der Waals surface area contributed by atoms with Gasteiger partial charge in [-0.05, 0) is 20.4 Å². The molecule has 0 spiro atoms. The van der Waals surface area contributed by atoms with Gasteiger partial charge in [-0.15, -0.1) is 0 Å². The maximum Gasteiger partial charge on any atom is 1.00 e. The largest absolute Gasteiger partial charge is 1.00 e. The molecule has 7 nitrogen and oxygen atoms in total. The van der Waals surface area contributed by atoms with E-state index in [1.165, 1.54) is 57.8 Å². The smallest absolute Gasteiger partial charge is 0.822 e. The summed E-state index contributed by atoms with van der Waals surface area (Å²) in [5.41, 5.74) is 0. The number of unbranched alkanes of at least 4 members (excludes halogenated alkanes) is 9. The van der Waals surface area contributed by atoms with E-state index < -0.39 is 14.1 Å². The van der Waals surface area contributed by atoms with Crippen LogP contribution in [0.1, 0.15) is 84.5 Å². The fourth-order valence-corrected chi connectivity index (χ4v) is 2.44. The molecule has 0 aromatic carbocycles. The topological polar surface area (TPSA) is 130 Å².